The lowest BCUT2D eigenvalue weighted by molar-refractivity contribution is -0.118. The van der Waals surface area contributed by atoms with Crippen molar-refractivity contribution in [3.63, 3.8) is 0 Å². The number of aromatic nitrogens is 2. The summed E-state index contributed by atoms with van der Waals surface area (Å²) in [6.07, 6.45) is 4.50. The number of ether oxygens (including phenoxy) is 1. The van der Waals surface area contributed by atoms with Gasteiger partial charge in [0.05, 0.1) is 0 Å². The maximum atomic E-state index is 12.2. The van der Waals surface area contributed by atoms with Crippen LogP contribution in [0.5, 0.6) is 5.88 Å². The fourth-order valence-electron chi connectivity index (χ4n) is 3.04. The smallest absolute Gasteiger partial charge is 0.262 e. The normalized spacial score (nSPS) is 14.2. The number of hydrogen-bond donors (Lipinski definition) is 1. The van der Waals surface area contributed by atoms with Gasteiger partial charge < -0.3 is 15.0 Å². The van der Waals surface area contributed by atoms with Crippen molar-refractivity contribution in [1.82, 2.24) is 9.97 Å². The van der Waals surface area contributed by atoms with E-state index >= 15 is 0 Å². The standard InChI is InChI=1S/C20H26N4O2/c1-3-16-8-7-9-17(13-16)22-18(25)14-26-19-12-15(2)21-20(23-19)24-10-5-4-6-11-24/h7-9,12-13H,3-6,10-11,14H2,1-2H3,(H,22,25). The highest BCUT2D eigenvalue weighted by molar-refractivity contribution is 5.91. The predicted molar refractivity (Wildman–Crippen MR) is 103 cm³/mol. The second-order valence-corrected chi connectivity index (χ2v) is 6.59. The highest BCUT2D eigenvalue weighted by Gasteiger charge is 2.15. The summed E-state index contributed by atoms with van der Waals surface area (Å²) in [7, 11) is 0. The lowest BCUT2D eigenvalue weighted by atomic mass is 10.1. The Labute approximate surface area is 154 Å². The van der Waals surface area contributed by atoms with Crippen LogP contribution in [0.3, 0.4) is 0 Å². The maximum Gasteiger partial charge on any atom is 0.262 e. The lowest BCUT2D eigenvalue weighted by Crippen LogP contribution is -2.31. The first kappa shape index (κ1) is 18.2. The van der Waals surface area contributed by atoms with Gasteiger partial charge in [0.2, 0.25) is 11.8 Å². The Morgan fingerprint density at radius 2 is 2.00 bits per heavy atom. The Morgan fingerprint density at radius 3 is 2.77 bits per heavy atom. The van der Waals surface area contributed by atoms with Crippen molar-refractivity contribution in [1.29, 1.82) is 0 Å². The van der Waals surface area contributed by atoms with Crippen LogP contribution in [-0.4, -0.2) is 35.6 Å². The van der Waals surface area contributed by atoms with Crippen molar-refractivity contribution < 1.29 is 9.53 Å². The average molecular weight is 354 g/mol. The molecule has 3 rings (SSSR count). The minimum Gasteiger partial charge on any atom is -0.467 e. The molecule has 1 aliphatic heterocycles. The molecule has 1 N–H and O–H groups in total. The van der Waals surface area contributed by atoms with Gasteiger partial charge in [-0.05, 0) is 50.3 Å². The lowest BCUT2D eigenvalue weighted by Gasteiger charge is -2.26. The van der Waals surface area contributed by atoms with Gasteiger partial charge in [-0.2, -0.15) is 4.98 Å². The first-order chi connectivity index (χ1) is 12.6. The maximum absolute atomic E-state index is 12.2. The zero-order valence-corrected chi connectivity index (χ0v) is 15.5. The van der Waals surface area contributed by atoms with Crippen LogP contribution in [-0.2, 0) is 11.2 Å². The fourth-order valence-corrected chi connectivity index (χ4v) is 3.04. The minimum atomic E-state index is -0.200. The number of carbonyl (C=O) groups excluding carboxylic acids is 1. The molecule has 1 fully saturated rings. The summed E-state index contributed by atoms with van der Waals surface area (Å²) in [6, 6.07) is 9.59. The third-order valence-electron chi connectivity index (χ3n) is 4.43. The van der Waals surface area contributed by atoms with E-state index in [1.165, 1.54) is 12.0 Å². The number of anilines is 2. The molecule has 1 aromatic heterocycles. The highest BCUT2D eigenvalue weighted by atomic mass is 16.5. The molecule has 26 heavy (non-hydrogen) atoms. The van der Waals surface area contributed by atoms with Crippen molar-refractivity contribution in [3.8, 4) is 5.88 Å². The second-order valence-electron chi connectivity index (χ2n) is 6.59. The number of piperidine rings is 1. The molecular weight excluding hydrogens is 328 g/mol. The van der Waals surface area contributed by atoms with Crippen LogP contribution in [0.15, 0.2) is 30.3 Å². The number of aryl methyl sites for hydroxylation is 2. The molecule has 1 aromatic carbocycles. The van der Waals surface area contributed by atoms with Gasteiger partial charge in [-0.25, -0.2) is 4.98 Å². The third kappa shape index (κ3) is 4.94. The molecule has 0 saturated carbocycles. The Balaban J connectivity index is 1.59. The Kier molecular flexibility index (Phi) is 6.04. The second kappa shape index (κ2) is 8.65. The van der Waals surface area contributed by atoms with E-state index in [0.717, 1.165) is 43.7 Å². The van der Waals surface area contributed by atoms with Gasteiger partial charge in [0.1, 0.15) is 0 Å². The van der Waals surface area contributed by atoms with Gasteiger partial charge in [-0.1, -0.05) is 19.1 Å². The van der Waals surface area contributed by atoms with Crippen molar-refractivity contribution in [2.24, 2.45) is 0 Å². The van der Waals surface area contributed by atoms with E-state index in [1.807, 2.05) is 31.2 Å². The molecule has 138 valence electrons. The number of nitrogens with zero attached hydrogens (tertiary/aromatic N) is 3. The van der Waals surface area contributed by atoms with E-state index in [2.05, 4.69) is 27.1 Å². The van der Waals surface area contributed by atoms with E-state index < -0.39 is 0 Å². The van der Waals surface area contributed by atoms with Gasteiger partial charge in [-0.15, -0.1) is 0 Å². The van der Waals surface area contributed by atoms with Crippen LogP contribution in [0.1, 0.15) is 37.4 Å². The van der Waals surface area contributed by atoms with Gasteiger partial charge in [0.25, 0.3) is 5.91 Å². The molecule has 0 bridgehead atoms. The van der Waals surface area contributed by atoms with Crippen LogP contribution >= 0.6 is 0 Å². The molecule has 2 heterocycles. The first-order valence-electron chi connectivity index (χ1n) is 9.26. The van der Waals surface area contributed by atoms with Crippen molar-refractivity contribution in [2.45, 2.75) is 39.5 Å². The molecule has 1 aliphatic rings. The molecule has 6 nitrogen and oxygen atoms in total. The predicted octanol–water partition coefficient (Wildman–Crippen LogP) is 3.36. The number of hydrogen-bond acceptors (Lipinski definition) is 5. The molecule has 0 radical (unpaired) electrons. The average Bonchev–Trinajstić information content (AvgIpc) is 2.67. The van der Waals surface area contributed by atoms with Crippen LogP contribution in [0.25, 0.3) is 0 Å². The van der Waals surface area contributed by atoms with E-state index in [0.29, 0.717) is 11.8 Å². The molecule has 0 aliphatic carbocycles. The van der Waals surface area contributed by atoms with Gasteiger partial charge >= 0.3 is 0 Å². The Morgan fingerprint density at radius 1 is 1.19 bits per heavy atom. The third-order valence-corrected chi connectivity index (χ3v) is 4.43. The summed E-state index contributed by atoms with van der Waals surface area (Å²) in [5.41, 5.74) is 2.80. The SMILES string of the molecule is CCc1cccc(NC(=O)COc2cc(C)nc(N3CCCCC3)n2)c1. The molecular formula is C20H26N4O2. The van der Waals surface area contributed by atoms with E-state index in [4.69, 9.17) is 4.74 Å². The topological polar surface area (TPSA) is 67.3 Å². The van der Waals surface area contributed by atoms with Crippen LogP contribution in [0.2, 0.25) is 0 Å². The summed E-state index contributed by atoms with van der Waals surface area (Å²) in [4.78, 5) is 23.3. The monoisotopic (exact) mass is 354 g/mol. The Hall–Kier alpha value is -2.63. The van der Waals surface area contributed by atoms with Gasteiger partial charge in [-0.3, -0.25) is 4.79 Å². The van der Waals surface area contributed by atoms with E-state index in [9.17, 15) is 4.79 Å². The molecule has 2 aromatic rings. The van der Waals surface area contributed by atoms with Gasteiger partial charge in [0, 0.05) is 30.5 Å². The molecule has 0 spiro atoms. The van der Waals surface area contributed by atoms with Crippen molar-refractivity contribution in [3.05, 3.63) is 41.6 Å². The Bertz CT molecular complexity index is 757. The molecule has 6 heteroatoms. The number of carbonyl (C=O) groups is 1. The summed E-state index contributed by atoms with van der Waals surface area (Å²) in [5, 5.41) is 2.86. The first-order valence-corrected chi connectivity index (χ1v) is 9.26. The molecule has 1 amide bonds. The minimum absolute atomic E-state index is 0.0771. The largest absolute Gasteiger partial charge is 0.467 e. The molecule has 0 atom stereocenters. The van der Waals surface area contributed by atoms with Crippen LogP contribution in [0, 0.1) is 6.92 Å². The molecule has 0 unspecified atom stereocenters. The van der Waals surface area contributed by atoms with Gasteiger partial charge in [0.15, 0.2) is 6.61 Å². The zero-order valence-electron chi connectivity index (χ0n) is 15.5. The fraction of sp³-hybridized carbons (Fsp3) is 0.450. The van der Waals surface area contributed by atoms with E-state index in [-0.39, 0.29) is 12.5 Å². The zero-order chi connectivity index (χ0) is 18.4. The quantitative estimate of drug-likeness (QED) is 0.862. The summed E-state index contributed by atoms with van der Waals surface area (Å²) in [6.45, 7) is 5.86. The van der Waals surface area contributed by atoms with E-state index in [1.54, 1.807) is 6.07 Å². The summed E-state index contributed by atoms with van der Waals surface area (Å²) in [5.74, 6) is 0.931. The van der Waals surface area contributed by atoms with Crippen LogP contribution in [0.4, 0.5) is 11.6 Å². The van der Waals surface area contributed by atoms with Crippen LogP contribution < -0.4 is 15.0 Å². The van der Waals surface area contributed by atoms with Crippen molar-refractivity contribution >= 4 is 17.5 Å². The highest BCUT2D eigenvalue weighted by Crippen LogP contribution is 2.19. The van der Waals surface area contributed by atoms with Crippen molar-refractivity contribution in [2.75, 3.05) is 29.9 Å². The summed E-state index contributed by atoms with van der Waals surface area (Å²) < 4.78 is 5.62. The number of nitrogens with one attached hydrogen (secondary N) is 1. The number of amides is 1. The molecule has 1 saturated heterocycles. The number of rotatable bonds is 6. The number of benzene rings is 1. The summed E-state index contributed by atoms with van der Waals surface area (Å²) >= 11 is 0.